The number of nitro groups is 1. The van der Waals surface area contributed by atoms with Crippen molar-refractivity contribution in [3.05, 3.63) is 99.6 Å². The minimum Gasteiger partial charge on any atom is -0.489 e. The standard InChI is InChI=1S/C23H22N4O4/c1-17-2-8-20(9-3-17)24-15-23(28)26-25-14-18-6-12-22(13-7-18)31-16-19-4-10-21(11-5-19)27(29)30/h2-14,24H,15-16H2,1H3,(H,26,28)/b25-14-. The van der Waals surface area contributed by atoms with Crippen LogP contribution < -0.4 is 15.5 Å². The first-order chi connectivity index (χ1) is 15.0. The molecule has 8 heteroatoms. The fourth-order valence-electron chi connectivity index (χ4n) is 2.60. The van der Waals surface area contributed by atoms with Gasteiger partial charge in [-0.2, -0.15) is 5.10 Å². The molecule has 0 aliphatic heterocycles. The van der Waals surface area contributed by atoms with Crippen molar-refractivity contribution in [1.82, 2.24) is 5.43 Å². The average Bonchev–Trinajstić information content (AvgIpc) is 2.78. The third-order valence-electron chi connectivity index (χ3n) is 4.34. The zero-order valence-corrected chi connectivity index (χ0v) is 16.9. The second kappa shape index (κ2) is 10.5. The molecule has 0 saturated heterocycles. The van der Waals surface area contributed by atoms with E-state index in [1.54, 1.807) is 30.5 Å². The molecule has 158 valence electrons. The Morgan fingerprint density at radius 2 is 1.71 bits per heavy atom. The van der Waals surface area contributed by atoms with E-state index in [1.807, 2.05) is 43.3 Å². The van der Waals surface area contributed by atoms with Gasteiger partial charge in [-0.25, -0.2) is 5.43 Å². The molecular weight excluding hydrogens is 396 g/mol. The monoisotopic (exact) mass is 418 g/mol. The van der Waals surface area contributed by atoms with Gasteiger partial charge >= 0.3 is 0 Å². The fourth-order valence-corrected chi connectivity index (χ4v) is 2.60. The third kappa shape index (κ3) is 6.97. The molecule has 0 radical (unpaired) electrons. The van der Waals surface area contributed by atoms with Crippen LogP contribution in [0, 0.1) is 17.0 Å². The Labute approximate surface area is 179 Å². The topological polar surface area (TPSA) is 106 Å². The summed E-state index contributed by atoms with van der Waals surface area (Å²) in [4.78, 5) is 22.1. The number of nitrogens with one attached hydrogen (secondary N) is 2. The molecule has 8 nitrogen and oxygen atoms in total. The van der Waals surface area contributed by atoms with E-state index in [9.17, 15) is 14.9 Å². The number of carbonyl (C=O) groups is 1. The number of hydrogen-bond acceptors (Lipinski definition) is 6. The number of aryl methyl sites for hydroxylation is 1. The minimum absolute atomic E-state index is 0.0467. The van der Waals surface area contributed by atoms with Crippen LogP contribution in [0.2, 0.25) is 0 Å². The van der Waals surface area contributed by atoms with E-state index < -0.39 is 4.92 Å². The predicted octanol–water partition coefficient (Wildman–Crippen LogP) is 4.04. The zero-order valence-electron chi connectivity index (χ0n) is 16.9. The van der Waals surface area contributed by atoms with Crippen LogP contribution >= 0.6 is 0 Å². The first-order valence-electron chi connectivity index (χ1n) is 9.58. The Kier molecular flexibility index (Phi) is 7.31. The van der Waals surface area contributed by atoms with Gasteiger partial charge in [-0.15, -0.1) is 0 Å². The zero-order chi connectivity index (χ0) is 22.1. The van der Waals surface area contributed by atoms with E-state index in [1.165, 1.54) is 12.1 Å². The Balaban J connectivity index is 1.41. The SMILES string of the molecule is Cc1ccc(NCC(=O)N/N=C\c2ccc(OCc3ccc([N+](=O)[O-])cc3)cc2)cc1. The molecule has 0 saturated carbocycles. The molecule has 0 unspecified atom stereocenters. The Morgan fingerprint density at radius 1 is 1.03 bits per heavy atom. The molecule has 0 aliphatic carbocycles. The second-order valence-electron chi connectivity index (χ2n) is 6.79. The summed E-state index contributed by atoms with van der Waals surface area (Å²) >= 11 is 0. The van der Waals surface area contributed by atoms with Gasteiger partial charge in [0.2, 0.25) is 0 Å². The van der Waals surface area contributed by atoms with Crippen LogP contribution in [0.25, 0.3) is 0 Å². The van der Waals surface area contributed by atoms with Crippen LogP contribution in [0.15, 0.2) is 77.9 Å². The lowest BCUT2D eigenvalue weighted by molar-refractivity contribution is -0.384. The number of hydrazone groups is 1. The van der Waals surface area contributed by atoms with Gasteiger partial charge in [0, 0.05) is 17.8 Å². The van der Waals surface area contributed by atoms with Crippen molar-refractivity contribution >= 4 is 23.5 Å². The summed E-state index contributed by atoms with van der Waals surface area (Å²) in [5, 5.41) is 17.7. The van der Waals surface area contributed by atoms with Gasteiger partial charge in [0.25, 0.3) is 11.6 Å². The lowest BCUT2D eigenvalue weighted by Crippen LogP contribution is -2.25. The van der Waals surface area contributed by atoms with Crippen molar-refractivity contribution in [2.75, 3.05) is 11.9 Å². The predicted molar refractivity (Wildman–Crippen MR) is 119 cm³/mol. The number of nitrogens with zero attached hydrogens (tertiary/aromatic N) is 2. The minimum atomic E-state index is -0.437. The Morgan fingerprint density at radius 3 is 2.35 bits per heavy atom. The van der Waals surface area contributed by atoms with Gasteiger partial charge in [-0.05, 0) is 66.6 Å². The molecule has 0 bridgehead atoms. The van der Waals surface area contributed by atoms with Crippen molar-refractivity contribution in [2.24, 2.45) is 5.10 Å². The van der Waals surface area contributed by atoms with Crippen molar-refractivity contribution in [1.29, 1.82) is 0 Å². The molecule has 0 aliphatic rings. The van der Waals surface area contributed by atoms with Crippen LogP contribution in [0.5, 0.6) is 5.75 Å². The maximum atomic E-state index is 11.9. The maximum absolute atomic E-state index is 11.9. The third-order valence-corrected chi connectivity index (χ3v) is 4.34. The van der Waals surface area contributed by atoms with Gasteiger partial charge < -0.3 is 10.1 Å². The second-order valence-corrected chi connectivity index (χ2v) is 6.79. The smallest absolute Gasteiger partial charge is 0.269 e. The number of anilines is 1. The molecule has 2 N–H and O–H groups in total. The number of carbonyl (C=O) groups excluding carboxylic acids is 1. The van der Waals surface area contributed by atoms with E-state index in [-0.39, 0.29) is 18.1 Å². The van der Waals surface area contributed by atoms with Crippen LogP contribution in [0.4, 0.5) is 11.4 Å². The molecular formula is C23H22N4O4. The average molecular weight is 418 g/mol. The van der Waals surface area contributed by atoms with Crippen molar-refractivity contribution in [3.63, 3.8) is 0 Å². The number of ether oxygens (including phenoxy) is 1. The Hall–Kier alpha value is -4.20. The van der Waals surface area contributed by atoms with E-state index in [0.29, 0.717) is 12.4 Å². The van der Waals surface area contributed by atoms with E-state index >= 15 is 0 Å². The number of non-ortho nitro benzene ring substituents is 1. The first kappa shape index (κ1) is 21.5. The Bertz CT molecular complexity index is 1050. The summed E-state index contributed by atoms with van der Waals surface area (Å²) in [6, 6.07) is 21.2. The molecule has 0 spiro atoms. The molecule has 31 heavy (non-hydrogen) atoms. The van der Waals surface area contributed by atoms with Crippen LogP contribution in [0.3, 0.4) is 0 Å². The maximum Gasteiger partial charge on any atom is 0.269 e. The van der Waals surface area contributed by atoms with Crippen LogP contribution in [-0.2, 0) is 11.4 Å². The highest BCUT2D eigenvalue weighted by Gasteiger charge is 2.04. The number of hydrogen-bond donors (Lipinski definition) is 2. The van der Waals surface area contributed by atoms with E-state index in [4.69, 9.17) is 4.74 Å². The number of amides is 1. The van der Waals surface area contributed by atoms with Crippen molar-refractivity contribution < 1.29 is 14.5 Å². The molecule has 3 aromatic carbocycles. The van der Waals surface area contributed by atoms with Gasteiger partial charge in [-0.3, -0.25) is 14.9 Å². The normalized spacial score (nSPS) is 10.6. The fraction of sp³-hybridized carbons (Fsp3) is 0.130. The lowest BCUT2D eigenvalue weighted by Gasteiger charge is -2.06. The first-order valence-corrected chi connectivity index (χ1v) is 9.58. The van der Waals surface area contributed by atoms with Crippen molar-refractivity contribution in [2.45, 2.75) is 13.5 Å². The van der Waals surface area contributed by atoms with Crippen molar-refractivity contribution in [3.8, 4) is 5.75 Å². The quantitative estimate of drug-likeness (QED) is 0.310. The molecule has 3 aromatic rings. The summed E-state index contributed by atoms with van der Waals surface area (Å²) in [5.41, 5.74) is 6.18. The summed E-state index contributed by atoms with van der Waals surface area (Å²) in [5.74, 6) is 0.404. The van der Waals surface area contributed by atoms with E-state index in [2.05, 4.69) is 15.8 Å². The lowest BCUT2D eigenvalue weighted by atomic mass is 10.2. The molecule has 1 amide bonds. The van der Waals surface area contributed by atoms with Gasteiger partial charge in [-0.1, -0.05) is 17.7 Å². The highest BCUT2D eigenvalue weighted by atomic mass is 16.6. The molecule has 0 heterocycles. The van der Waals surface area contributed by atoms with Gasteiger partial charge in [0.05, 0.1) is 17.7 Å². The number of rotatable bonds is 9. The molecule has 3 rings (SSSR count). The van der Waals surface area contributed by atoms with Gasteiger partial charge in [0.1, 0.15) is 12.4 Å². The highest BCUT2D eigenvalue weighted by molar-refractivity contribution is 5.84. The molecule has 0 fully saturated rings. The highest BCUT2D eigenvalue weighted by Crippen LogP contribution is 2.16. The van der Waals surface area contributed by atoms with Crippen LogP contribution in [0.1, 0.15) is 16.7 Å². The summed E-state index contributed by atoms with van der Waals surface area (Å²) in [6.07, 6.45) is 1.55. The van der Waals surface area contributed by atoms with Gasteiger partial charge in [0.15, 0.2) is 0 Å². The van der Waals surface area contributed by atoms with E-state index in [0.717, 1.165) is 22.4 Å². The summed E-state index contributed by atoms with van der Waals surface area (Å²) in [7, 11) is 0. The summed E-state index contributed by atoms with van der Waals surface area (Å²) in [6.45, 7) is 2.42. The van der Waals surface area contributed by atoms with Crippen LogP contribution in [-0.4, -0.2) is 23.6 Å². The summed E-state index contributed by atoms with van der Waals surface area (Å²) < 4.78 is 5.68. The largest absolute Gasteiger partial charge is 0.489 e. The number of benzene rings is 3. The number of nitro benzene ring substituents is 1. The molecule has 0 aromatic heterocycles. The molecule has 0 atom stereocenters.